The molecule has 1 heterocycles. The maximum atomic E-state index is 6.54. The van der Waals surface area contributed by atoms with Crippen molar-refractivity contribution >= 4 is 39.0 Å². The molecule has 0 aliphatic heterocycles. The van der Waals surface area contributed by atoms with Crippen molar-refractivity contribution in [3.63, 3.8) is 0 Å². The Morgan fingerprint density at radius 1 is 0.440 bits per heavy atom. The minimum absolute atomic E-state index is 0.277. The Morgan fingerprint density at radius 2 is 0.920 bits per heavy atom. The van der Waals surface area contributed by atoms with E-state index >= 15 is 0 Å². The average Bonchev–Trinajstić information content (AvgIpc) is 3.72. The van der Waals surface area contributed by atoms with Crippen molar-refractivity contribution in [2.75, 3.05) is 4.90 Å². The van der Waals surface area contributed by atoms with Crippen LogP contribution >= 0.6 is 0 Å². The Labute approximate surface area is 293 Å². The average molecular weight is 644 g/mol. The third-order valence-corrected chi connectivity index (χ3v) is 11.4. The van der Waals surface area contributed by atoms with Gasteiger partial charge in [-0.2, -0.15) is 0 Å². The van der Waals surface area contributed by atoms with E-state index in [9.17, 15) is 0 Å². The first-order valence-corrected chi connectivity index (χ1v) is 17.6. The molecule has 0 bridgehead atoms. The number of nitrogens with zero attached hydrogens (tertiary/aromatic N) is 1. The Bertz CT molecular complexity index is 2520. The van der Waals surface area contributed by atoms with E-state index in [-0.39, 0.29) is 10.8 Å². The van der Waals surface area contributed by atoms with Crippen molar-refractivity contribution in [3.05, 3.63) is 174 Å². The molecule has 0 radical (unpaired) electrons. The minimum Gasteiger partial charge on any atom is -0.456 e. The second-order valence-corrected chi connectivity index (χ2v) is 14.9. The quantitative estimate of drug-likeness (QED) is 0.190. The van der Waals surface area contributed by atoms with Gasteiger partial charge in [0.1, 0.15) is 11.2 Å². The van der Waals surface area contributed by atoms with Gasteiger partial charge in [-0.3, -0.25) is 0 Å². The fraction of sp³-hybridized carbons (Fsp3) is 0.125. The van der Waals surface area contributed by atoms with Gasteiger partial charge in [0.25, 0.3) is 0 Å². The lowest BCUT2D eigenvalue weighted by Gasteiger charge is -2.38. The van der Waals surface area contributed by atoms with Crippen molar-refractivity contribution in [2.45, 2.75) is 38.5 Å². The maximum absolute atomic E-state index is 6.54. The molecule has 240 valence electrons. The van der Waals surface area contributed by atoms with Crippen LogP contribution in [0.4, 0.5) is 17.1 Å². The van der Waals surface area contributed by atoms with E-state index in [0.29, 0.717) is 0 Å². The van der Waals surface area contributed by atoms with E-state index in [0.717, 1.165) is 33.3 Å². The lowest BCUT2D eigenvalue weighted by atomic mass is 9.73. The highest BCUT2D eigenvalue weighted by atomic mass is 16.3. The predicted molar refractivity (Wildman–Crippen MR) is 209 cm³/mol. The first kappa shape index (κ1) is 29.1. The minimum atomic E-state index is -0.277. The number of hydrogen-bond acceptors (Lipinski definition) is 2. The van der Waals surface area contributed by atoms with Gasteiger partial charge in [-0.05, 0) is 98.1 Å². The molecule has 2 aliphatic rings. The molecule has 2 heteroatoms. The standard InChI is InChI=1S/C48H37NO/c1-47(2)37-24-14-11-22-35(37)42-41(30-27-28-34-33-21-13-16-26-39(33)50-40(34)29-30)43-36-23-12-15-25-38(36)48(3,4)45(43)46(44(42)47)49(31-17-7-5-8-18-31)32-19-9-6-10-20-32/h5-29H,1-4H3. The molecule has 10 rings (SSSR count). The van der Waals surface area contributed by atoms with Crippen LogP contribution in [0, 0.1) is 0 Å². The third-order valence-electron chi connectivity index (χ3n) is 11.4. The fourth-order valence-electron chi connectivity index (χ4n) is 9.21. The summed E-state index contributed by atoms with van der Waals surface area (Å²) in [5.74, 6) is 0. The van der Waals surface area contributed by atoms with Crippen molar-refractivity contribution in [1.29, 1.82) is 0 Å². The highest BCUT2D eigenvalue weighted by Gasteiger charge is 2.48. The number of hydrogen-bond donors (Lipinski definition) is 0. The predicted octanol–water partition coefficient (Wildman–Crippen LogP) is 13.3. The molecule has 0 saturated heterocycles. The van der Waals surface area contributed by atoms with Crippen LogP contribution < -0.4 is 4.90 Å². The number of para-hydroxylation sites is 3. The lowest BCUT2D eigenvalue weighted by molar-refractivity contribution is 0.640. The molecule has 2 nitrogen and oxygen atoms in total. The van der Waals surface area contributed by atoms with E-state index in [2.05, 4.69) is 178 Å². The zero-order valence-electron chi connectivity index (χ0n) is 28.8. The van der Waals surface area contributed by atoms with Crippen molar-refractivity contribution in [2.24, 2.45) is 0 Å². The molecule has 7 aromatic carbocycles. The van der Waals surface area contributed by atoms with Crippen molar-refractivity contribution in [1.82, 2.24) is 0 Å². The van der Waals surface area contributed by atoms with Crippen LogP contribution in [-0.4, -0.2) is 0 Å². The molecule has 2 aliphatic carbocycles. The van der Waals surface area contributed by atoms with Crippen LogP contribution in [0.5, 0.6) is 0 Å². The van der Waals surface area contributed by atoms with E-state index in [1.54, 1.807) is 0 Å². The van der Waals surface area contributed by atoms with E-state index in [4.69, 9.17) is 4.42 Å². The van der Waals surface area contributed by atoms with Gasteiger partial charge < -0.3 is 9.32 Å². The molecule has 50 heavy (non-hydrogen) atoms. The van der Waals surface area contributed by atoms with Gasteiger partial charge in [0, 0.05) is 33.0 Å². The highest BCUT2D eigenvalue weighted by molar-refractivity contribution is 6.12. The zero-order valence-corrected chi connectivity index (χ0v) is 28.8. The van der Waals surface area contributed by atoms with E-state index in [1.165, 1.54) is 61.3 Å². The molecule has 0 unspecified atom stereocenters. The summed E-state index contributed by atoms with van der Waals surface area (Å²) in [5.41, 5.74) is 18.0. The number of rotatable bonds is 4. The van der Waals surface area contributed by atoms with Crippen LogP contribution in [0.25, 0.3) is 55.3 Å². The third kappa shape index (κ3) is 3.85. The van der Waals surface area contributed by atoms with Crippen molar-refractivity contribution in [3.8, 4) is 33.4 Å². The second kappa shape index (κ2) is 10.3. The summed E-state index contributed by atoms with van der Waals surface area (Å²) in [6.07, 6.45) is 0. The maximum Gasteiger partial charge on any atom is 0.136 e. The zero-order chi connectivity index (χ0) is 33.8. The summed E-state index contributed by atoms with van der Waals surface area (Å²) in [6.45, 7) is 9.68. The van der Waals surface area contributed by atoms with Gasteiger partial charge >= 0.3 is 0 Å². The molecular formula is C48H37NO. The smallest absolute Gasteiger partial charge is 0.136 e. The summed E-state index contributed by atoms with van der Waals surface area (Å²) in [5, 5.41) is 2.30. The van der Waals surface area contributed by atoms with Crippen molar-refractivity contribution < 1.29 is 4.42 Å². The second-order valence-electron chi connectivity index (χ2n) is 14.9. The largest absolute Gasteiger partial charge is 0.456 e. The first-order chi connectivity index (χ1) is 24.4. The van der Waals surface area contributed by atoms with Crippen LogP contribution in [0.2, 0.25) is 0 Å². The van der Waals surface area contributed by atoms with Gasteiger partial charge in [-0.1, -0.05) is 137 Å². The summed E-state index contributed by atoms with van der Waals surface area (Å²) in [7, 11) is 0. The molecule has 0 saturated carbocycles. The van der Waals surface area contributed by atoms with Crippen LogP contribution in [-0.2, 0) is 10.8 Å². The molecular weight excluding hydrogens is 607 g/mol. The van der Waals surface area contributed by atoms with Crippen LogP contribution in [0.15, 0.2) is 156 Å². The van der Waals surface area contributed by atoms with Crippen LogP contribution in [0.1, 0.15) is 49.9 Å². The summed E-state index contributed by atoms with van der Waals surface area (Å²) < 4.78 is 6.54. The van der Waals surface area contributed by atoms with Gasteiger partial charge in [0.05, 0.1) is 5.69 Å². The summed E-state index contributed by atoms with van der Waals surface area (Å²) >= 11 is 0. The number of benzene rings is 7. The fourth-order valence-corrected chi connectivity index (χ4v) is 9.21. The summed E-state index contributed by atoms with van der Waals surface area (Å²) in [4.78, 5) is 2.53. The Kier molecular flexibility index (Phi) is 6.01. The Hall–Kier alpha value is -5.86. The first-order valence-electron chi connectivity index (χ1n) is 17.6. The highest BCUT2D eigenvalue weighted by Crippen LogP contribution is 2.66. The molecule has 0 amide bonds. The molecule has 0 N–H and O–H groups in total. The van der Waals surface area contributed by atoms with E-state index in [1.807, 2.05) is 6.07 Å². The van der Waals surface area contributed by atoms with Gasteiger partial charge in [0.2, 0.25) is 0 Å². The van der Waals surface area contributed by atoms with Gasteiger partial charge in [-0.15, -0.1) is 0 Å². The molecule has 0 spiro atoms. The monoisotopic (exact) mass is 643 g/mol. The van der Waals surface area contributed by atoms with E-state index < -0.39 is 0 Å². The van der Waals surface area contributed by atoms with Gasteiger partial charge in [0.15, 0.2) is 0 Å². The molecule has 0 atom stereocenters. The van der Waals surface area contributed by atoms with Gasteiger partial charge in [-0.25, -0.2) is 0 Å². The molecule has 8 aromatic rings. The number of fused-ring (bicyclic) bond motifs is 9. The lowest BCUT2D eigenvalue weighted by Crippen LogP contribution is -2.26. The normalized spacial score (nSPS) is 14.7. The number of furan rings is 1. The van der Waals surface area contributed by atoms with Crippen LogP contribution in [0.3, 0.4) is 0 Å². The Morgan fingerprint density at radius 3 is 1.50 bits per heavy atom. The SMILES string of the molecule is CC1(C)c2ccccc2-c2c(-c3ccc4c(c3)oc3ccccc34)c3c(c(N(c4ccccc4)c4ccccc4)c21)C(C)(C)c1ccccc1-3. The summed E-state index contributed by atoms with van der Waals surface area (Å²) in [6, 6.07) is 55.2. The molecule has 1 aromatic heterocycles. The Balaban J connectivity index is 1.43. The molecule has 0 fully saturated rings. The topological polar surface area (TPSA) is 16.4 Å². The number of anilines is 3.